The van der Waals surface area contributed by atoms with E-state index in [4.69, 9.17) is 5.73 Å². The number of nitrogens with two attached hydrogens (primary N) is 1. The molecule has 0 aliphatic carbocycles. The van der Waals surface area contributed by atoms with Gasteiger partial charge in [0, 0.05) is 23.0 Å². The fraction of sp³-hybridized carbons (Fsp3) is 0.0435. The molecule has 3 N–H and O–H groups in total. The first-order valence-electron chi connectivity index (χ1n) is 9.43. The molecule has 3 aromatic carbocycles. The Balaban J connectivity index is 1.84. The minimum atomic E-state index is -1.43. The summed E-state index contributed by atoms with van der Waals surface area (Å²) < 4.78 is 29.1. The lowest BCUT2D eigenvalue weighted by atomic mass is 10.1. The third-order valence-corrected chi connectivity index (χ3v) is 4.82. The van der Waals surface area contributed by atoms with Gasteiger partial charge in [0.05, 0.1) is 12.1 Å². The van der Waals surface area contributed by atoms with Gasteiger partial charge in [0.1, 0.15) is 17.1 Å². The number of pyridine rings is 1. The predicted octanol–water partition coefficient (Wildman–Crippen LogP) is 4.83. The first-order valence-corrected chi connectivity index (χ1v) is 9.43. The number of anilines is 1. The van der Waals surface area contributed by atoms with Crippen molar-refractivity contribution in [3.05, 3.63) is 99.8 Å². The molecule has 1 heterocycles. The molecule has 9 heteroatoms. The molecule has 7 nitrogen and oxygen atoms in total. The molecule has 0 radical (unpaired) electrons. The molecule has 1 aromatic heterocycles. The second kappa shape index (κ2) is 8.38. The van der Waals surface area contributed by atoms with Crippen LogP contribution in [0.4, 0.5) is 20.2 Å². The number of hydrogen-bond acceptors (Lipinski definition) is 5. The summed E-state index contributed by atoms with van der Waals surface area (Å²) >= 11 is 0. The van der Waals surface area contributed by atoms with Crippen LogP contribution in [-0.4, -0.2) is 15.6 Å². The number of benzene rings is 3. The zero-order valence-electron chi connectivity index (χ0n) is 16.5. The van der Waals surface area contributed by atoms with Crippen LogP contribution in [0.5, 0.6) is 0 Å². The van der Waals surface area contributed by atoms with Gasteiger partial charge in [-0.3, -0.25) is 4.79 Å². The zero-order valence-corrected chi connectivity index (χ0v) is 16.5. The van der Waals surface area contributed by atoms with Gasteiger partial charge in [0.2, 0.25) is 5.43 Å². The van der Waals surface area contributed by atoms with Crippen molar-refractivity contribution in [1.82, 2.24) is 4.57 Å². The molecule has 0 bridgehead atoms. The van der Waals surface area contributed by atoms with Crippen molar-refractivity contribution in [2.24, 2.45) is 10.2 Å². The number of carboxylic acid groups (broad SMARTS) is 1. The molecule has 0 aliphatic rings. The first kappa shape index (κ1) is 20.9. The Labute approximate surface area is 180 Å². The van der Waals surface area contributed by atoms with E-state index in [0.29, 0.717) is 16.9 Å². The van der Waals surface area contributed by atoms with E-state index in [0.717, 1.165) is 6.07 Å². The van der Waals surface area contributed by atoms with Gasteiger partial charge in [-0.05, 0) is 54.1 Å². The number of nitrogen functional groups attached to an aromatic ring is 1. The Morgan fingerprint density at radius 2 is 1.72 bits per heavy atom. The maximum Gasteiger partial charge on any atom is 0.341 e. The number of rotatable bonds is 5. The number of nitrogens with zero attached hydrogens (tertiary/aromatic N) is 3. The van der Waals surface area contributed by atoms with Gasteiger partial charge in [0.25, 0.3) is 0 Å². The van der Waals surface area contributed by atoms with E-state index in [1.807, 2.05) is 0 Å². The van der Waals surface area contributed by atoms with Crippen LogP contribution in [0.3, 0.4) is 0 Å². The SMILES string of the molecule is Nc1ccc(-n2cc(C(=O)O)c(=O)c3cc(F)c(N=NCc4ccc(F)cc4)cc32)cc1. The lowest BCUT2D eigenvalue weighted by molar-refractivity contribution is 0.0695. The molecule has 0 atom stereocenters. The average Bonchev–Trinajstić information content (AvgIpc) is 2.77. The fourth-order valence-corrected chi connectivity index (χ4v) is 3.19. The molecule has 0 amide bonds. The lowest BCUT2D eigenvalue weighted by Crippen LogP contribution is -2.18. The van der Waals surface area contributed by atoms with Gasteiger partial charge in [-0.2, -0.15) is 10.2 Å². The number of aromatic carboxylic acids is 1. The van der Waals surface area contributed by atoms with E-state index < -0.39 is 22.8 Å². The van der Waals surface area contributed by atoms with Crippen LogP contribution in [-0.2, 0) is 6.54 Å². The summed E-state index contributed by atoms with van der Waals surface area (Å²) in [5.74, 6) is -2.64. The molecular weight excluding hydrogens is 418 g/mol. The number of carboxylic acids is 1. The topological polar surface area (TPSA) is 110 Å². The highest BCUT2D eigenvalue weighted by molar-refractivity contribution is 5.94. The highest BCUT2D eigenvalue weighted by Crippen LogP contribution is 2.27. The van der Waals surface area contributed by atoms with E-state index in [2.05, 4.69) is 10.2 Å². The number of aromatic nitrogens is 1. The summed E-state index contributed by atoms with van der Waals surface area (Å²) in [6.45, 7) is 0.0977. The smallest absolute Gasteiger partial charge is 0.341 e. The quantitative estimate of drug-likeness (QED) is 0.346. The van der Waals surface area contributed by atoms with Crippen molar-refractivity contribution in [2.45, 2.75) is 6.54 Å². The maximum atomic E-state index is 14.7. The minimum absolute atomic E-state index is 0.0977. The second-order valence-electron chi connectivity index (χ2n) is 6.99. The zero-order chi connectivity index (χ0) is 22.8. The number of carbonyl (C=O) groups is 1. The van der Waals surface area contributed by atoms with Crippen LogP contribution in [0, 0.1) is 11.6 Å². The van der Waals surface area contributed by atoms with E-state index in [-0.39, 0.29) is 29.0 Å². The van der Waals surface area contributed by atoms with Gasteiger partial charge < -0.3 is 15.4 Å². The summed E-state index contributed by atoms with van der Waals surface area (Å²) in [6.07, 6.45) is 1.18. The van der Waals surface area contributed by atoms with Crippen molar-refractivity contribution in [3.8, 4) is 5.69 Å². The predicted molar refractivity (Wildman–Crippen MR) is 115 cm³/mol. The molecular formula is C23H16F2N4O3. The molecule has 0 fully saturated rings. The Hall–Kier alpha value is -4.40. The average molecular weight is 434 g/mol. The van der Waals surface area contributed by atoms with Crippen LogP contribution in [0.25, 0.3) is 16.6 Å². The van der Waals surface area contributed by atoms with Gasteiger partial charge >= 0.3 is 5.97 Å². The van der Waals surface area contributed by atoms with Crippen molar-refractivity contribution < 1.29 is 18.7 Å². The fourth-order valence-electron chi connectivity index (χ4n) is 3.19. The Bertz CT molecular complexity index is 1410. The molecule has 0 unspecified atom stereocenters. The van der Waals surface area contributed by atoms with E-state index >= 15 is 0 Å². The van der Waals surface area contributed by atoms with Crippen LogP contribution in [0.2, 0.25) is 0 Å². The largest absolute Gasteiger partial charge is 0.477 e. The van der Waals surface area contributed by atoms with E-state index in [1.165, 1.54) is 41.1 Å². The molecule has 0 saturated heterocycles. The van der Waals surface area contributed by atoms with Crippen LogP contribution in [0.15, 0.2) is 81.9 Å². The standard InChI is InChI=1S/C23H16F2N4O3/c24-14-3-1-13(2-4-14)11-27-28-20-10-21-17(9-19(20)25)22(30)18(23(31)32)12-29(21)16-7-5-15(26)6-8-16/h1-10,12H,11,26H2,(H,31,32). The first-order chi connectivity index (χ1) is 15.3. The van der Waals surface area contributed by atoms with Crippen LogP contribution < -0.4 is 11.2 Å². The monoisotopic (exact) mass is 434 g/mol. The molecule has 0 aliphatic heterocycles. The Morgan fingerprint density at radius 3 is 2.38 bits per heavy atom. The molecule has 4 rings (SSSR count). The van der Waals surface area contributed by atoms with Gasteiger partial charge in [0.15, 0.2) is 5.82 Å². The molecule has 0 spiro atoms. The molecule has 0 saturated carbocycles. The molecule has 32 heavy (non-hydrogen) atoms. The van der Waals surface area contributed by atoms with Gasteiger partial charge in [-0.25, -0.2) is 13.6 Å². The third-order valence-electron chi connectivity index (χ3n) is 4.82. The van der Waals surface area contributed by atoms with E-state index in [9.17, 15) is 23.5 Å². The molecule has 4 aromatic rings. The number of hydrogen-bond donors (Lipinski definition) is 2. The number of azo groups is 1. The normalized spacial score (nSPS) is 11.3. The second-order valence-corrected chi connectivity index (χ2v) is 6.99. The highest BCUT2D eigenvalue weighted by atomic mass is 19.1. The summed E-state index contributed by atoms with van der Waals surface area (Å²) in [7, 11) is 0. The summed E-state index contributed by atoms with van der Waals surface area (Å²) in [5.41, 5.74) is 6.23. The minimum Gasteiger partial charge on any atom is -0.477 e. The van der Waals surface area contributed by atoms with Crippen LogP contribution in [0.1, 0.15) is 15.9 Å². The number of halogens is 2. The summed E-state index contributed by atoms with van der Waals surface area (Å²) in [5, 5.41) is 17.2. The van der Waals surface area contributed by atoms with Crippen molar-refractivity contribution in [3.63, 3.8) is 0 Å². The van der Waals surface area contributed by atoms with E-state index in [1.54, 1.807) is 24.3 Å². The molecule has 160 valence electrons. The summed E-state index contributed by atoms with van der Waals surface area (Å²) in [4.78, 5) is 24.2. The van der Waals surface area contributed by atoms with Gasteiger partial charge in [-0.1, -0.05) is 12.1 Å². The Morgan fingerprint density at radius 1 is 1.03 bits per heavy atom. The van der Waals surface area contributed by atoms with Crippen molar-refractivity contribution in [2.75, 3.05) is 5.73 Å². The maximum absolute atomic E-state index is 14.7. The van der Waals surface area contributed by atoms with Gasteiger partial charge in [-0.15, -0.1) is 0 Å². The van der Waals surface area contributed by atoms with Crippen LogP contribution >= 0.6 is 0 Å². The van der Waals surface area contributed by atoms with Crippen molar-refractivity contribution >= 4 is 28.2 Å². The summed E-state index contributed by atoms with van der Waals surface area (Å²) in [6, 6.07) is 14.4. The Kier molecular flexibility index (Phi) is 5.46. The third kappa shape index (κ3) is 4.08. The van der Waals surface area contributed by atoms with Crippen molar-refractivity contribution in [1.29, 1.82) is 0 Å². The lowest BCUT2D eigenvalue weighted by Gasteiger charge is -2.13. The highest BCUT2D eigenvalue weighted by Gasteiger charge is 2.18. The number of fused-ring (bicyclic) bond motifs is 1.